The summed E-state index contributed by atoms with van der Waals surface area (Å²) in [5.74, 6) is 0.431. The molecule has 2 aromatic rings. The number of nitrogens with one attached hydrogen (secondary N) is 1. The second-order valence-corrected chi connectivity index (χ2v) is 7.53. The molecule has 2 rings (SSSR count). The lowest BCUT2D eigenvalue weighted by atomic mass is 10.1. The molecule has 19 heavy (non-hydrogen) atoms. The minimum absolute atomic E-state index is 0.0588. The van der Waals surface area contributed by atoms with Crippen molar-refractivity contribution in [2.75, 3.05) is 11.5 Å². The van der Waals surface area contributed by atoms with Crippen molar-refractivity contribution in [1.29, 1.82) is 0 Å². The Bertz CT molecular complexity index is 723. The SMILES string of the molecule is CCS(=O)(=O)c1ccc(C)cc1-c1[nH]nc(N)c1I. The first-order valence-corrected chi connectivity index (χ1v) is 8.43. The molecule has 5 nitrogen and oxygen atoms in total. The Morgan fingerprint density at radius 3 is 2.63 bits per heavy atom. The number of sulfone groups is 1. The van der Waals surface area contributed by atoms with Gasteiger partial charge in [0, 0.05) is 5.56 Å². The van der Waals surface area contributed by atoms with Crippen LogP contribution in [-0.2, 0) is 9.84 Å². The fourth-order valence-electron chi connectivity index (χ4n) is 1.79. The second-order valence-electron chi connectivity index (χ2n) is 4.20. The highest BCUT2D eigenvalue weighted by Crippen LogP contribution is 2.32. The molecule has 0 aliphatic carbocycles. The van der Waals surface area contributed by atoms with E-state index in [1.54, 1.807) is 19.1 Å². The van der Waals surface area contributed by atoms with E-state index in [0.29, 0.717) is 22.0 Å². The van der Waals surface area contributed by atoms with Crippen LogP contribution in [0.3, 0.4) is 0 Å². The van der Waals surface area contributed by atoms with Crippen LogP contribution >= 0.6 is 22.6 Å². The van der Waals surface area contributed by atoms with Crippen LogP contribution in [0.25, 0.3) is 11.3 Å². The third-order valence-electron chi connectivity index (χ3n) is 2.85. The highest BCUT2D eigenvalue weighted by molar-refractivity contribution is 14.1. The molecule has 0 bridgehead atoms. The number of rotatable bonds is 3. The molecule has 0 fully saturated rings. The standard InChI is InChI=1S/C12H14IN3O2S/c1-3-19(17,18)9-5-4-7(2)6-8(9)11-10(13)12(14)16-15-11/h4-6H,3H2,1-2H3,(H3,14,15,16). The van der Waals surface area contributed by atoms with Crippen LogP contribution in [-0.4, -0.2) is 24.4 Å². The fourth-order valence-corrected chi connectivity index (χ4v) is 3.40. The average molecular weight is 391 g/mol. The number of nitrogens with two attached hydrogens (primary N) is 1. The predicted molar refractivity (Wildman–Crippen MR) is 83.6 cm³/mol. The molecule has 0 aliphatic heterocycles. The maximum atomic E-state index is 12.2. The van der Waals surface area contributed by atoms with E-state index in [2.05, 4.69) is 32.8 Å². The quantitative estimate of drug-likeness (QED) is 0.787. The van der Waals surface area contributed by atoms with Gasteiger partial charge in [-0.05, 0) is 41.6 Å². The molecular formula is C12H14IN3O2S. The van der Waals surface area contributed by atoms with E-state index in [1.807, 2.05) is 13.0 Å². The molecule has 0 atom stereocenters. The van der Waals surface area contributed by atoms with E-state index >= 15 is 0 Å². The summed E-state index contributed by atoms with van der Waals surface area (Å²) in [6.07, 6.45) is 0. The molecule has 3 N–H and O–H groups in total. The highest BCUT2D eigenvalue weighted by atomic mass is 127. The molecule has 0 aliphatic rings. The van der Waals surface area contributed by atoms with Gasteiger partial charge in [-0.1, -0.05) is 18.6 Å². The molecule has 0 spiro atoms. The van der Waals surface area contributed by atoms with E-state index in [1.165, 1.54) is 0 Å². The maximum Gasteiger partial charge on any atom is 0.178 e. The summed E-state index contributed by atoms with van der Waals surface area (Å²) in [4.78, 5) is 0.308. The molecule has 0 unspecified atom stereocenters. The molecule has 0 saturated carbocycles. The Labute approximate surface area is 125 Å². The molecule has 0 amide bonds. The van der Waals surface area contributed by atoms with Gasteiger partial charge in [0.1, 0.15) is 0 Å². The number of aromatic nitrogens is 2. The van der Waals surface area contributed by atoms with Crippen molar-refractivity contribution in [3.63, 3.8) is 0 Å². The van der Waals surface area contributed by atoms with Crippen molar-refractivity contribution in [2.24, 2.45) is 0 Å². The van der Waals surface area contributed by atoms with Gasteiger partial charge in [0.25, 0.3) is 0 Å². The normalized spacial score (nSPS) is 11.7. The summed E-state index contributed by atoms with van der Waals surface area (Å²) in [5.41, 5.74) is 7.96. The number of hydrogen-bond donors (Lipinski definition) is 2. The zero-order valence-corrected chi connectivity index (χ0v) is 13.5. The van der Waals surface area contributed by atoms with Gasteiger partial charge in [0.15, 0.2) is 15.7 Å². The number of aryl methyl sites for hydroxylation is 1. The Morgan fingerprint density at radius 2 is 2.11 bits per heavy atom. The van der Waals surface area contributed by atoms with Gasteiger partial charge in [-0.3, -0.25) is 5.10 Å². The van der Waals surface area contributed by atoms with E-state index in [0.717, 1.165) is 9.13 Å². The molecule has 1 aromatic heterocycles. The highest BCUT2D eigenvalue weighted by Gasteiger charge is 2.21. The zero-order valence-electron chi connectivity index (χ0n) is 10.6. The van der Waals surface area contributed by atoms with Crippen LogP contribution in [0.4, 0.5) is 5.82 Å². The Kier molecular flexibility index (Phi) is 3.86. The summed E-state index contributed by atoms with van der Waals surface area (Å²) >= 11 is 2.06. The lowest BCUT2D eigenvalue weighted by Gasteiger charge is -2.09. The summed E-state index contributed by atoms with van der Waals surface area (Å²) in [6.45, 7) is 3.55. The summed E-state index contributed by atoms with van der Waals surface area (Å²) in [6, 6.07) is 5.26. The van der Waals surface area contributed by atoms with Crippen LogP contribution in [0.5, 0.6) is 0 Å². The Hall–Kier alpha value is -1.09. The van der Waals surface area contributed by atoms with Crippen LogP contribution in [0.15, 0.2) is 23.1 Å². The van der Waals surface area contributed by atoms with Crippen molar-refractivity contribution < 1.29 is 8.42 Å². The van der Waals surface area contributed by atoms with Gasteiger partial charge < -0.3 is 5.73 Å². The van der Waals surface area contributed by atoms with E-state index < -0.39 is 9.84 Å². The van der Waals surface area contributed by atoms with E-state index in [4.69, 9.17) is 5.73 Å². The van der Waals surface area contributed by atoms with Gasteiger partial charge in [-0.15, -0.1) is 0 Å². The number of aromatic amines is 1. The molecule has 0 saturated heterocycles. The van der Waals surface area contributed by atoms with Crippen LogP contribution in [0.1, 0.15) is 12.5 Å². The molecule has 1 heterocycles. The van der Waals surface area contributed by atoms with Crippen LogP contribution < -0.4 is 5.73 Å². The van der Waals surface area contributed by atoms with Gasteiger partial charge in [0.05, 0.1) is 19.9 Å². The van der Waals surface area contributed by atoms with Crippen molar-refractivity contribution in [2.45, 2.75) is 18.7 Å². The number of H-pyrrole nitrogens is 1. The van der Waals surface area contributed by atoms with Crippen LogP contribution in [0.2, 0.25) is 0 Å². The van der Waals surface area contributed by atoms with Crippen molar-refractivity contribution in [1.82, 2.24) is 10.2 Å². The largest absolute Gasteiger partial charge is 0.381 e. The molecule has 102 valence electrons. The third kappa shape index (κ3) is 2.62. The number of nitrogen functional groups attached to an aromatic ring is 1. The zero-order chi connectivity index (χ0) is 14.2. The Morgan fingerprint density at radius 1 is 1.42 bits per heavy atom. The Balaban J connectivity index is 2.76. The first kappa shape index (κ1) is 14.3. The van der Waals surface area contributed by atoms with Gasteiger partial charge in [0.2, 0.25) is 0 Å². The lowest BCUT2D eigenvalue weighted by molar-refractivity contribution is 0.597. The van der Waals surface area contributed by atoms with Crippen molar-refractivity contribution in [3.8, 4) is 11.3 Å². The molecule has 0 radical (unpaired) electrons. The van der Waals surface area contributed by atoms with E-state index in [-0.39, 0.29) is 5.75 Å². The lowest BCUT2D eigenvalue weighted by Crippen LogP contribution is -2.06. The van der Waals surface area contributed by atoms with E-state index in [9.17, 15) is 8.42 Å². The number of anilines is 1. The smallest absolute Gasteiger partial charge is 0.178 e. The minimum Gasteiger partial charge on any atom is -0.381 e. The maximum absolute atomic E-state index is 12.2. The van der Waals surface area contributed by atoms with Gasteiger partial charge in [-0.2, -0.15) is 5.10 Å². The second kappa shape index (κ2) is 5.12. The number of nitrogens with zero attached hydrogens (tertiary/aromatic N) is 1. The number of hydrogen-bond acceptors (Lipinski definition) is 4. The van der Waals surface area contributed by atoms with Gasteiger partial charge in [-0.25, -0.2) is 8.42 Å². The van der Waals surface area contributed by atoms with Crippen LogP contribution in [0, 0.1) is 10.5 Å². The van der Waals surface area contributed by atoms with Gasteiger partial charge >= 0.3 is 0 Å². The predicted octanol–water partition coefficient (Wildman–Crippen LogP) is 2.37. The molecular weight excluding hydrogens is 377 g/mol. The monoisotopic (exact) mass is 391 g/mol. The fraction of sp³-hybridized carbons (Fsp3) is 0.250. The first-order chi connectivity index (χ1) is 8.86. The van der Waals surface area contributed by atoms with Crippen molar-refractivity contribution >= 4 is 38.2 Å². The molecule has 7 heteroatoms. The van der Waals surface area contributed by atoms with Crippen molar-refractivity contribution in [3.05, 3.63) is 27.3 Å². The first-order valence-electron chi connectivity index (χ1n) is 5.70. The summed E-state index contributed by atoms with van der Waals surface area (Å²) < 4.78 is 25.0. The summed E-state index contributed by atoms with van der Waals surface area (Å²) in [7, 11) is -3.29. The number of halogens is 1. The minimum atomic E-state index is -3.29. The average Bonchev–Trinajstić information content (AvgIpc) is 2.69. The third-order valence-corrected chi connectivity index (χ3v) is 5.73. The molecule has 1 aromatic carbocycles. The number of benzene rings is 1. The topological polar surface area (TPSA) is 88.8 Å². The summed E-state index contributed by atoms with van der Waals surface area (Å²) in [5, 5.41) is 6.73.